The number of rotatable bonds is 8. The molecule has 0 fully saturated rings. The van der Waals surface area contributed by atoms with Gasteiger partial charge in [0.2, 0.25) is 5.97 Å². The zero-order valence-corrected chi connectivity index (χ0v) is 13.5. The van der Waals surface area contributed by atoms with Crippen molar-refractivity contribution in [3.63, 3.8) is 0 Å². The van der Waals surface area contributed by atoms with Crippen molar-refractivity contribution in [2.45, 2.75) is 60.3 Å². The smallest absolute Gasteiger partial charge is 0.311 e. The van der Waals surface area contributed by atoms with E-state index in [0.717, 1.165) is 12.8 Å². The molecule has 122 valence electrons. The Kier molecular flexibility index (Phi) is 7.39. The Bertz CT molecular complexity index is 388. The van der Waals surface area contributed by atoms with Crippen LogP contribution in [0.4, 0.5) is 4.79 Å². The van der Waals surface area contributed by atoms with Gasteiger partial charge in [-0.1, -0.05) is 27.2 Å². The molecule has 0 bridgehead atoms. The number of hydrogen-bond donors (Lipinski definition) is 0. The van der Waals surface area contributed by atoms with Crippen molar-refractivity contribution in [3.8, 4) is 0 Å². The summed E-state index contributed by atoms with van der Waals surface area (Å²) in [5.74, 6) is -1.31. The average Bonchev–Trinajstić information content (AvgIpc) is 2.37. The maximum atomic E-state index is 12.1. The molecule has 6 heteroatoms. The Morgan fingerprint density at radius 2 is 1.62 bits per heavy atom. The summed E-state index contributed by atoms with van der Waals surface area (Å²) in [6.45, 7) is 8.96. The Hall–Kier alpha value is -1.59. The second kappa shape index (κ2) is 8.00. The Labute approximate surface area is 125 Å². The molecule has 0 saturated carbocycles. The molecule has 0 aromatic rings. The predicted molar refractivity (Wildman–Crippen MR) is 74.2 cm³/mol. The highest BCUT2D eigenvalue weighted by atomic mass is 16.7. The summed E-state index contributed by atoms with van der Waals surface area (Å²) in [6, 6.07) is 0. The lowest BCUT2D eigenvalue weighted by Gasteiger charge is -2.34. The molecule has 1 unspecified atom stereocenters. The molecule has 0 aromatic carbocycles. The second-order valence-corrected chi connectivity index (χ2v) is 6.10. The fourth-order valence-electron chi connectivity index (χ4n) is 2.09. The molecule has 0 N–H and O–H groups in total. The zero-order valence-electron chi connectivity index (χ0n) is 13.5. The van der Waals surface area contributed by atoms with Gasteiger partial charge in [-0.25, -0.2) is 0 Å². The fourth-order valence-corrected chi connectivity index (χ4v) is 2.09. The molecule has 0 radical (unpaired) electrons. The maximum Gasteiger partial charge on any atom is 0.311 e. The van der Waals surface area contributed by atoms with E-state index in [1.165, 1.54) is 0 Å². The molecule has 0 aliphatic carbocycles. The van der Waals surface area contributed by atoms with E-state index < -0.39 is 28.9 Å². The Morgan fingerprint density at radius 3 is 2.05 bits per heavy atom. The first-order chi connectivity index (χ1) is 9.59. The number of carbonyl (C=O) groups excluding carboxylic acids is 3. The van der Waals surface area contributed by atoms with Gasteiger partial charge in [0.1, 0.15) is 0 Å². The van der Waals surface area contributed by atoms with E-state index in [2.05, 4.69) is 4.74 Å². The first kappa shape index (κ1) is 19.4. The maximum absolute atomic E-state index is 12.1. The van der Waals surface area contributed by atoms with E-state index in [1.807, 2.05) is 6.92 Å². The van der Waals surface area contributed by atoms with Gasteiger partial charge < -0.3 is 19.4 Å². The summed E-state index contributed by atoms with van der Waals surface area (Å²) in [6.07, 6.45) is 0.277. The molecular weight excluding hydrogens is 276 g/mol. The number of carboxylic acid groups (broad SMARTS) is 1. The third-order valence-electron chi connectivity index (χ3n) is 3.56. The highest BCUT2D eigenvalue weighted by molar-refractivity contribution is 5.85. The molecule has 21 heavy (non-hydrogen) atoms. The van der Waals surface area contributed by atoms with Crippen LogP contribution in [0.3, 0.4) is 0 Å². The summed E-state index contributed by atoms with van der Waals surface area (Å²) in [5, 5.41) is 10.4. The SMILES string of the molecule is CCCCOC(=O)C(C)(C)CC(C)(CC)C(=O)OC(=O)[O-]. The highest BCUT2D eigenvalue weighted by Crippen LogP contribution is 2.38. The van der Waals surface area contributed by atoms with Crippen molar-refractivity contribution in [2.75, 3.05) is 6.61 Å². The van der Waals surface area contributed by atoms with E-state index in [4.69, 9.17) is 4.74 Å². The van der Waals surface area contributed by atoms with Crippen molar-refractivity contribution < 1.29 is 29.0 Å². The van der Waals surface area contributed by atoms with Gasteiger partial charge in [-0.3, -0.25) is 9.59 Å². The molecule has 6 nitrogen and oxygen atoms in total. The first-order valence-corrected chi connectivity index (χ1v) is 7.19. The van der Waals surface area contributed by atoms with Crippen LogP contribution in [0.25, 0.3) is 0 Å². The molecule has 0 saturated heterocycles. The number of unbranched alkanes of at least 4 members (excludes halogenated alkanes) is 1. The van der Waals surface area contributed by atoms with E-state index in [9.17, 15) is 19.5 Å². The minimum absolute atomic E-state index is 0.133. The number of esters is 2. The van der Waals surface area contributed by atoms with Crippen LogP contribution < -0.4 is 5.11 Å². The van der Waals surface area contributed by atoms with Gasteiger partial charge in [0, 0.05) is 5.41 Å². The first-order valence-electron chi connectivity index (χ1n) is 7.19. The van der Waals surface area contributed by atoms with Crippen LogP contribution in [0.15, 0.2) is 0 Å². The van der Waals surface area contributed by atoms with Gasteiger partial charge in [-0.2, -0.15) is 0 Å². The number of ether oxygens (including phenoxy) is 2. The molecule has 0 aromatic heterocycles. The molecule has 0 aliphatic heterocycles. The molecule has 0 rings (SSSR count). The van der Waals surface area contributed by atoms with Crippen molar-refractivity contribution in [3.05, 3.63) is 0 Å². The van der Waals surface area contributed by atoms with E-state index in [1.54, 1.807) is 27.7 Å². The standard InChI is InChI=1S/C15H26O6/c1-6-8-9-20-11(16)14(3,4)10-15(5,7-2)12(17)21-13(18)19/h6-10H2,1-5H3,(H,18,19)/p-1. The summed E-state index contributed by atoms with van der Waals surface area (Å²) in [7, 11) is 0. The van der Waals surface area contributed by atoms with Crippen LogP contribution in [0, 0.1) is 10.8 Å². The topological polar surface area (TPSA) is 92.7 Å². The Morgan fingerprint density at radius 1 is 1.05 bits per heavy atom. The number of carbonyl (C=O) groups is 3. The summed E-state index contributed by atoms with van der Waals surface area (Å²) >= 11 is 0. The largest absolute Gasteiger partial charge is 0.483 e. The van der Waals surface area contributed by atoms with Crippen LogP contribution in [-0.2, 0) is 19.1 Å². The third kappa shape index (κ3) is 6.14. The van der Waals surface area contributed by atoms with Crippen LogP contribution >= 0.6 is 0 Å². The van der Waals surface area contributed by atoms with Gasteiger partial charge >= 0.3 is 5.97 Å². The van der Waals surface area contributed by atoms with Gasteiger partial charge in [0.15, 0.2) is 0 Å². The zero-order chi connectivity index (χ0) is 16.7. The molecule has 0 spiro atoms. The van der Waals surface area contributed by atoms with E-state index in [0.29, 0.717) is 13.0 Å². The molecule has 0 amide bonds. The normalized spacial score (nSPS) is 14.1. The molecule has 0 aliphatic rings. The lowest BCUT2D eigenvalue weighted by molar-refractivity contribution is -0.280. The summed E-state index contributed by atoms with van der Waals surface area (Å²) < 4.78 is 9.32. The predicted octanol–water partition coefficient (Wildman–Crippen LogP) is 2.05. The van der Waals surface area contributed by atoms with Crippen LogP contribution in [-0.4, -0.2) is 24.7 Å². The van der Waals surface area contributed by atoms with Crippen molar-refractivity contribution in [2.24, 2.45) is 10.8 Å². The van der Waals surface area contributed by atoms with Crippen LogP contribution in [0.1, 0.15) is 60.3 Å². The average molecular weight is 301 g/mol. The van der Waals surface area contributed by atoms with Gasteiger partial charge in [0.05, 0.1) is 12.0 Å². The van der Waals surface area contributed by atoms with Crippen molar-refractivity contribution in [1.29, 1.82) is 0 Å². The quantitative estimate of drug-likeness (QED) is 0.387. The van der Waals surface area contributed by atoms with E-state index in [-0.39, 0.29) is 6.42 Å². The Balaban J connectivity index is 4.87. The summed E-state index contributed by atoms with van der Waals surface area (Å²) in [5.41, 5.74) is -2.00. The molecule has 1 atom stereocenters. The minimum atomic E-state index is -1.89. The lowest BCUT2D eigenvalue weighted by atomic mass is 9.72. The second-order valence-electron chi connectivity index (χ2n) is 6.10. The monoisotopic (exact) mass is 301 g/mol. The van der Waals surface area contributed by atoms with Gasteiger partial charge in [-0.05, 0) is 33.1 Å². The third-order valence-corrected chi connectivity index (χ3v) is 3.56. The highest BCUT2D eigenvalue weighted by Gasteiger charge is 2.41. The number of hydrogen-bond acceptors (Lipinski definition) is 6. The van der Waals surface area contributed by atoms with Gasteiger partial charge in [-0.15, -0.1) is 0 Å². The van der Waals surface area contributed by atoms with Gasteiger partial charge in [0.25, 0.3) is 6.16 Å². The lowest BCUT2D eigenvalue weighted by Crippen LogP contribution is -2.41. The summed E-state index contributed by atoms with van der Waals surface area (Å²) in [4.78, 5) is 34.3. The molecule has 0 heterocycles. The van der Waals surface area contributed by atoms with Crippen LogP contribution in [0.5, 0.6) is 0 Å². The minimum Gasteiger partial charge on any atom is -0.483 e. The van der Waals surface area contributed by atoms with Crippen molar-refractivity contribution >= 4 is 18.1 Å². The van der Waals surface area contributed by atoms with E-state index >= 15 is 0 Å². The fraction of sp³-hybridized carbons (Fsp3) is 0.800. The molecular formula is C15H25O6-. The van der Waals surface area contributed by atoms with Crippen LogP contribution in [0.2, 0.25) is 0 Å². The van der Waals surface area contributed by atoms with Crippen molar-refractivity contribution in [1.82, 2.24) is 0 Å².